The number of hydrogen-bond donors (Lipinski definition) is 1. The number of benzene rings is 1. The van der Waals surface area contributed by atoms with E-state index < -0.39 is 5.60 Å². The van der Waals surface area contributed by atoms with Crippen molar-refractivity contribution < 1.29 is 5.11 Å². The summed E-state index contributed by atoms with van der Waals surface area (Å²) in [5.41, 5.74) is 0.648. The third-order valence-electron chi connectivity index (χ3n) is 4.22. The summed E-state index contributed by atoms with van der Waals surface area (Å²) in [6.45, 7) is 5.14. The molecule has 0 radical (unpaired) electrons. The molecule has 1 saturated heterocycles. The number of piperidine rings is 1. The minimum absolute atomic E-state index is 0.739. The van der Waals surface area contributed by atoms with Gasteiger partial charge in [0.05, 0.1) is 0 Å². The highest BCUT2D eigenvalue weighted by molar-refractivity contribution is 5.16. The van der Waals surface area contributed by atoms with Crippen molar-refractivity contribution in [2.45, 2.75) is 51.0 Å². The first kappa shape index (κ1) is 16.1. The van der Waals surface area contributed by atoms with Crippen LogP contribution in [-0.4, -0.2) is 35.2 Å². The Labute approximate surface area is 129 Å². The van der Waals surface area contributed by atoms with E-state index in [1.165, 1.54) is 12.0 Å². The summed E-state index contributed by atoms with van der Waals surface area (Å²) in [6.07, 6.45) is 5.85. The lowest BCUT2D eigenvalue weighted by Gasteiger charge is -2.35. The first-order chi connectivity index (χ1) is 10.2. The molecule has 1 aromatic rings. The molecule has 21 heavy (non-hydrogen) atoms. The lowest BCUT2D eigenvalue weighted by Crippen LogP contribution is -2.44. The van der Waals surface area contributed by atoms with Crippen molar-refractivity contribution in [2.24, 2.45) is 0 Å². The zero-order valence-corrected chi connectivity index (χ0v) is 13.1. The maximum Gasteiger partial charge on any atom is 0.127 e. The SMILES string of the molecule is CCCCC#CC1(O)CCN(CCc2ccccc2)CC1. The number of rotatable bonds is 5. The molecule has 114 valence electrons. The molecule has 1 aliphatic rings. The largest absolute Gasteiger partial charge is 0.378 e. The van der Waals surface area contributed by atoms with Crippen molar-refractivity contribution in [3.8, 4) is 11.8 Å². The van der Waals surface area contributed by atoms with Gasteiger partial charge in [0.1, 0.15) is 5.60 Å². The predicted molar refractivity (Wildman–Crippen MR) is 88.1 cm³/mol. The van der Waals surface area contributed by atoms with Gasteiger partial charge in [0.2, 0.25) is 0 Å². The summed E-state index contributed by atoms with van der Waals surface area (Å²) in [7, 11) is 0. The molecule has 0 spiro atoms. The topological polar surface area (TPSA) is 23.5 Å². The van der Waals surface area contributed by atoms with Crippen LogP contribution in [0.2, 0.25) is 0 Å². The number of hydrogen-bond acceptors (Lipinski definition) is 2. The normalized spacial score (nSPS) is 18.0. The lowest BCUT2D eigenvalue weighted by molar-refractivity contribution is 0.0275. The van der Waals surface area contributed by atoms with E-state index >= 15 is 0 Å². The molecule has 0 amide bonds. The minimum Gasteiger partial charge on any atom is -0.378 e. The summed E-state index contributed by atoms with van der Waals surface area (Å²) in [5, 5.41) is 10.5. The summed E-state index contributed by atoms with van der Waals surface area (Å²) in [6, 6.07) is 10.6. The molecule has 0 aromatic heterocycles. The Hall–Kier alpha value is -1.30. The molecule has 2 nitrogen and oxygen atoms in total. The van der Waals surface area contributed by atoms with Gasteiger partial charge < -0.3 is 10.0 Å². The quantitative estimate of drug-likeness (QED) is 0.663. The molecule has 0 saturated carbocycles. The highest BCUT2D eigenvalue weighted by Gasteiger charge is 2.29. The van der Waals surface area contributed by atoms with Gasteiger partial charge in [0, 0.05) is 38.9 Å². The van der Waals surface area contributed by atoms with Crippen LogP contribution < -0.4 is 0 Å². The Kier molecular flexibility index (Phi) is 6.29. The molecule has 0 atom stereocenters. The van der Waals surface area contributed by atoms with E-state index in [1.54, 1.807) is 0 Å². The van der Waals surface area contributed by atoms with Crippen LogP contribution in [0.4, 0.5) is 0 Å². The minimum atomic E-state index is -0.739. The van der Waals surface area contributed by atoms with Gasteiger partial charge in [0.15, 0.2) is 0 Å². The number of likely N-dealkylation sites (tertiary alicyclic amines) is 1. The zero-order chi connectivity index (χ0) is 15.0. The van der Waals surface area contributed by atoms with Crippen molar-refractivity contribution in [2.75, 3.05) is 19.6 Å². The Bertz CT molecular complexity index is 463. The highest BCUT2D eigenvalue weighted by Crippen LogP contribution is 2.21. The molecule has 1 aromatic carbocycles. The van der Waals surface area contributed by atoms with Crippen molar-refractivity contribution >= 4 is 0 Å². The highest BCUT2D eigenvalue weighted by atomic mass is 16.3. The smallest absolute Gasteiger partial charge is 0.127 e. The first-order valence-corrected chi connectivity index (χ1v) is 8.20. The number of nitrogens with zero attached hydrogens (tertiary/aromatic N) is 1. The second-order valence-corrected chi connectivity index (χ2v) is 6.01. The second kappa shape index (κ2) is 8.22. The molecular formula is C19H27NO. The average molecular weight is 285 g/mol. The average Bonchev–Trinajstić information content (AvgIpc) is 2.52. The number of aliphatic hydroxyl groups is 1. The van der Waals surface area contributed by atoms with Crippen LogP contribution in [0.5, 0.6) is 0 Å². The van der Waals surface area contributed by atoms with Crippen LogP contribution >= 0.6 is 0 Å². The van der Waals surface area contributed by atoms with Crippen LogP contribution in [0.3, 0.4) is 0 Å². The lowest BCUT2D eigenvalue weighted by atomic mass is 9.91. The molecular weight excluding hydrogens is 258 g/mol. The summed E-state index contributed by atoms with van der Waals surface area (Å²) in [4.78, 5) is 2.44. The van der Waals surface area contributed by atoms with Crippen molar-refractivity contribution in [1.29, 1.82) is 0 Å². The Morgan fingerprint density at radius 2 is 1.90 bits per heavy atom. The third-order valence-corrected chi connectivity index (χ3v) is 4.22. The van der Waals surface area contributed by atoms with Gasteiger partial charge in [-0.2, -0.15) is 0 Å². The van der Waals surface area contributed by atoms with E-state index in [9.17, 15) is 5.11 Å². The van der Waals surface area contributed by atoms with Crippen LogP contribution in [-0.2, 0) is 6.42 Å². The molecule has 0 aliphatic carbocycles. The standard InChI is InChI=1S/C19H27NO/c1-2-3-4-8-12-19(21)13-16-20(17-14-19)15-11-18-9-6-5-7-10-18/h5-7,9-10,21H,2-4,11,13-17H2,1H3. The summed E-state index contributed by atoms with van der Waals surface area (Å²) >= 11 is 0. The monoisotopic (exact) mass is 285 g/mol. The summed E-state index contributed by atoms with van der Waals surface area (Å²) < 4.78 is 0. The van der Waals surface area contributed by atoms with Gasteiger partial charge in [-0.15, -0.1) is 5.92 Å². The predicted octanol–water partition coefficient (Wildman–Crippen LogP) is 3.25. The fourth-order valence-corrected chi connectivity index (χ4v) is 2.70. The Morgan fingerprint density at radius 1 is 1.19 bits per heavy atom. The molecule has 0 unspecified atom stereocenters. The van der Waals surface area contributed by atoms with Gasteiger partial charge in [-0.1, -0.05) is 49.6 Å². The summed E-state index contributed by atoms with van der Waals surface area (Å²) in [5.74, 6) is 6.26. The molecule has 1 fully saturated rings. The zero-order valence-electron chi connectivity index (χ0n) is 13.1. The van der Waals surface area contributed by atoms with E-state index in [0.717, 1.165) is 51.7 Å². The van der Waals surface area contributed by atoms with Gasteiger partial charge >= 0.3 is 0 Å². The third kappa shape index (κ3) is 5.53. The Morgan fingerprint density at radius 3 is 2.57 bits per heavy atom. The van der Waals surface area contributed by atoms with Gasteiger partial charge in [0.25, 0.3) is 0 Å². The van der Waals surface area contributed by atoms with Gasteiger partial charge in [-0.05, 0) is 18.4 Å². The van der Waals surface area contributed by atoms with Gasteiger partial charge in [-0.25, -0.2) is 0 Å². The molecule has 1 aliphatic heterocycles. The first-order valence-electron chi connectivity index (χ1n) is 8.20. The fraction of sp³-hybridized carbons (Fsp3) is 0.579. The van der Waals surface area contributed by atoms with Crippen molar-refractivity contribution in [3.63, 3.8) is 0 Å². The van der Waals surface area contributed by atoms with Crippen LogP contribution in [0, 0.1) is 11.8 Å². The number of unbranched alkanes of at least 4 members (excludes halogenated alkanes) is 2. The Balaban J connectivity index is 1.73. The molecule has 1 heterocycles. The molecule has 2 rings (SSSR count). The maximum absolute atomic E-state index is 10.5. The molecule has 0 bridgehead atoms. The maximum atomic E-state index is 10.5. The van der Waals surface area contributed by atoms with E-state index in [0.29, 0.717) is 0 Å². The van der Waals surface area contributed by atoms with Crippen LogP contribution in [0.15, 0.2) is 30.3 Å². The van der Waals surface area contributed by atoms with Crippen molar-refractivity contribution in [1.82, 2.24) is 4.90 Å². The van der Waals surface area contributed by atoms with E-state index in [2.05, 4.69) is 54.0 Å². The fourth-order valence-electron chi connectivity index (χ4n) is 2.70. The van der Waals surface area contributed by atoms with Crippen molar-refractivity contribution in [3.05, 3.63) is 35.9 Å². The molecule has 1 N–H and O–H groups in total. The molecule has 2 heteroatoms. The second-order valence-electron chi connectivity index (χ2n) is 6.01. The van der Waals surface area contributed by atoms with Gasteiger partial charge in [-0.3, -0.25) is 0 Å². The van der Waals surface area contributed by atoms with E-state index in [1.807, 2.05) is 0 Å². The van der Waals surface area contributed by atoms with E-state index in [-0.39, 0.29) is 0 Å². The van der Waals surface area contributed by atoms with E-state index in [4.69, 9.17) is 0 Å². The van der Waals surface area contributed by atoms with Crippen LogP contribution in [0.25, 0.3) is 0 Å². The van der Waals surface area contributed by atoms with Crippen LogP contribution in [0.1, 0.15) is 44.6 Å².